The molecule has 8 nitrogen and oxygen atoms in total. The summed E-state index contributed by atoms with van der Waals surface area (Å²) in [7, 11) is 0. The molecule has 37 heavy (non-hydrogen) atoms. The Balaban J connectivity index is 1.41. The Labute approximate surface area is 230 Å². The standard InChI is InChI=1S/C26H28Cl2N6O2S/c1-18(35)29-10-11-30-23-16-24(32-26(31-23)19-2-4-20(27)5-3-19)33-12-14-34(15-13-33)25(36)17-37-22-8-6-21(28)7-9-22/h2-9,16H,10-15,17H2,1H3,(H,29,35)(H,30,31,32). The zero-order chi connectivity index (χ0) is 26.2. The minimum Gasteiger partial charge on any atom is -0.368 e. The summed E-state index contributed by atoms with van der Waals surface area (Å²) in [4.78, 5) is 38.5. The van der Waals surface area contributed by atoms with E-state index in [1.54, 1.807) is 0 Å². The number of anilines is 2. The van der Waals surface area contributed by atoms with Crippen molar-refractivity contribution in [1.82, 2.24) is 20.2 Å². The van der Waals surface area contributed by atoms with Gasteiger partial charge in [-0.25, -0.2) is 9.97 Å². The van der Waals surface area contributed by atoms with E-state index in [-0.39, 0.29) is 11.8 Å². The Hall–Kier alpha value is -3.01. The van der Waals surface area contributed by atoms with Gasteiger partial charge in [0.25, 0.3) is 0 Å². The summed E-state index contributed by atoms with van der Waals surface area (Å²) >= 11 is 13.5. The number of rotatable bonds is 9. The number of benzene rings is 2. The monoisotopic (exact) mass is 558 g/mol. The summed E-state index contributed by atoms with van der Waals surface area (Å²) in [5, 5.41) is 7.36. The van der Waals surface area contributed by atoms with Crippen LogP contribution < -0.4 is 15.5 Å². The maximum absolute atomic E-state index is 12.8. The highest BCUT2D eigenvalue weighted by molar-refractivity contribution is 8.00. The van der Waals surface area contributed by atoms with E-state index < -0.39 is 0 Å². The van der Waals surface area contributed by atoms with E-state index in [2.05, 4.69) is 20.5 Å². The molecule has 1 aromatic heterocycles. The molecule has 11 heteroatoms. The van der Waals surface area contributed by atoms with Crippen LogP contribution >= 0.6 is 35.0 Å². The molecule has 1 fully saturated rings. The third-order valence-electron chi connectivity index (χ3n) is 5.75. The summed E-state index contributed by atoms with van der Waals surface area (Å²) in [5.41, 5.74) is 0.851. The first-order valence-electron chi connectivity index (χ1n) is 11.9. The number of hydrogen-bond donors (Lipinski definition) is 2. The van der Waals surface area contributed by atoms with Gasteiger partial charge in [0.2, 0.25) is 11.8 Å². The topological polar surface area (TPSA) is 90.5 Å². The third-order valence-corrected chi connectivity index (χ3v) is 7.25. The first-order valence-corrected chi connectivity index (χ1v) is 13.7. The van der Waals surface area contributed by atoms with Crippen LogP contribution in [-0.2, 0) is 9.59 Å². The number of nitrogens with zero attached hydrogens (tertiary/aromatic N) is 4. The Morgan fingerprint density at radius 2 is 1.57 bits per heavy atom. The molecule has 1 saturated heterocycles. The van der Waals surface area contributed by atoms with Crippen molar-refractivity contribution >= 4 is 58.4 Å². The molecule has 0 saturated carbocycles. The van der Waals surface area contributed by atoms with Gasteiger partial charge in [0.1, 0.15) is 11.6 Å². The molecule has 1 aliphatic rings. The van der Waals surface area contributed by atoms with Crippen LogP contribution in [0.3, 0.4) is 0 Å². The van der Waals surface area contributed by atoms with Gasteiger partial charge in [-0.1, -0.05) is 23.2 Å². The molecule has 2 aromatic carbocycles. The second-order valence-corrected chi connectivity index (χ2v) is 10.4. The van der Waals surface area contributed by atoms with Gasteiger partial charge in [0.05, 0.1) is 5.75 Å². The lowest BCUT2D eigenvalue weighted by Gasteiger charge is -2.35. The Kier molecular flexibility index (Phi) is 9.49. The largest absolute Gasteiger partial charge is 0.368 e. The van der Waals surface area contributed by atoms with Crippen molar-refractivity contribution in [2.24, 2.45) is 0 Å². The van der Waals surface area contributed by atoms with Gasteiger partial charge in [0, 0.05) is 72.8 Å². The highest BCUT2D eigenvalue weighted by Gasteiger charge is 2.23. The first kappa shape index (κ1) is 27.0. The molecule has 0 unspecified atom stereocenters. The molecule has 2 heterocycles. The van der Waals surface area contributed by atoms with Crippen molar-refractivity contribution in [1.29, 1.82) is 0 Å². The lowest BCUT2D eigenvalue weighted by Crippen LogP contribution is -2.49. The number of aromatic nitrogens is 2. The molecule has 1 aliphatic heterocycles. The molecule has 0 atom stereocenters. The van der Waals surface area contributed by atoms with Gasteiger partial charge < -0.3 is 20.4 Å². The molecule has 0 bridgehead atoms. The average Bonchev–Trinajstić information content (AvgIpc) is 2.91. The van der Waals surface area contributed by atoms with E-state index >= 15 is 0 Å². The van der Waals surface area contributed by atoms with Crippen molar-refractivity contribution in [2.75, 3.05) is 55.2 Å². The van der Waals surface area contributed by atoms with Gasteiger partial charge in [-0.05, 0) is 48.5 Å². The van der Waals surface area contributed by atoms with Crippen LogP contribution in [0.2, 0.25) is 10.0 Å². The fourth-order valence-electron chi connectivity index (χ4n) is 3.80. The molecule has 0 spiro atoms. The summed E-state index contributed by atoms with van der Waals surface area (Å²) < 4.78 is 0. The maximum Gasteiger partial charge on any atom is 0.233 e. The number of nitrogens with one attached hydrogen (secondary N) is 2. The predicted octanol–water partition coefficient (Wildman–Crippen LogP) is 4.44. The summed E-state index contributed by atoms with van der Waals surface area (Å²) in [6.45, 7) is 5.07. The van der Waals surface area contributed by atoms with Crippen LogP contribution in [0.4, 0.5) is 11.6 Å². The third kappa shape index (κ3) is 7.99. The lowest BCUT2D eigenvalue weighted by atomic mass is 10.2. The van der Waals surface area contributed by atoms with Crippen LogP contribution in [0.5, 0.6) is 0 Å². The van der Waals surface area contributed by atoms with E-state index in [1.807, 2.05) is 59.5 Å². The molecule has 2 N–H and O–H groups in total. The fraction of sp³-hybridized carbons (Fsp3) is 0.308. The van der Waals surface area contributed by atoms with Gasteiger partial charge >= 0.3 is 0 Å². The number of carbonyl (C=O) groups excluding carboxylic acids is 2. The van der Waals surface area contributed by atoms with Crippen molar-refractivity contribution in [3.8, 4) is 11.4 Å². The molecular formula is C26H28Cl2N6O2S. The number of piperazine rings is 1. The Morgan fingerprint density at radius 3 is 2.22 bits per heavy atom. The van der Waals surface area contributed by atoms with E-state index in [9.17, 15) is 9.59 Å². The minimum absolute atomic E-state index is 0.0778. The molecule has 4 rings (SSSR count). The summed E-state index contributed by atoms with van der Waals surface area (Å²) in [6, 6.07) is 16.8. The molecular weight excluding hydrogens is 531 g/mol. The number of halogens is 2. The minimum atomic E-state index is -0.0778. The van der Waals surface area contributed by atoms with Crippen LogP contribution in [-0.4, -0.2) is 71.7 Å². The Bertz CT molecular complexity index is 1220. The first-order chi connectivity index (χ1) is 17.9. The maximum atomic E-state index is 12.8. The van der Waals surface area contributed by atoms with Crippen molar-refractivity contribution in [3.05, 3.63) is 64.6 Å². The lowest BCUT2D eigenvalue weighted by molar-refractivity contribution is -0.128. The van der Waals surface area contributed by atoms with Gasteiger partial charge in [-0.2, -0.15) is 0 Å². The summed E-state index contributed by atoms with van der Waals surface area (Å²) in [5.74, 6) is 2.45. The highest BCUT2D eigenvalue weighted by atomic mass is 35.5. The number of carbonyl (C=O) groups is 2. The van der Waals surface area contributed by atoms with Crippen LogP contribution in [0, 0.1) is 0 Å². The smallest absolute Gasteiger partial charge is 0.233 e. The molecule has 194 valence electrons. The van der Waals surface area contributed by atoms with Gasteiger partial charge in [0.15, 0.2) is 5.82 Å². The normalized spacial score (nSPS) is 13.4. The fourth-order valence-corrected chi connectivity index (χ4v) is 4.85. The molecule has 3 aromatic rings. The average molecular weight is 560 g/mol. The predicted molar refractivity (Wildman–Crippen MR) is 151 cm³/mol. The van der Waals surface area contributed by atoms with Crippen LogP contribution in [0.15, 0.2) is 59.5 Å². The van der Waals surface area contributed by atoms with Crippen LogP contribution in [0.25, 0.3) is 11.4 Å². The summed E-state index contributed by atoms with van der Waals surface area (Å²) in [6.07, 6.45) is 0. The SMILES string of the molecule is CC(=O)NCCNc1cc(N2CCN(C(=O)CSc3ccc(Cl)cc3)CC2)nc(-c2ccc(Cl)cc2)n1. The molecule has 0 aliphatic carbocycles. The Morgan fingerprint density at radius 1 is 0.919 bits per heavy atom. The number of hydrogen-bond acceptors (Lipinski definition) is 7. The molecule has 2 amide bonds. The number of thioether (sulfide) groups is 1. The van der Waals surface area contributed by atoms with E-state index in [0.29, 0.717) is 66.7 Å². The quantitative estimate of drug-likeness (QED) is 0.296. The molecule has 0 radical (unpaired) electrons. The highest BCUT2D eigenvalue weighted by Crippen LogP contribution is 2.25. The zero-order valence-electron chi connectivity index (χ0n) is 20.4. The zero-order valence-corrected chi connectivity index (χ0v) is 22.7. The van der Waals surface area contributed by atoms with Gasteiger partial charge in [-0.3, -0.25) is 9.59 Å². The van der Waals surface area contributed by atoms with Crippen molar-refractivity contribution in [2.45, 2.75) is 11.8 Å². The van der Waals surface area contributed by atoms with E-state index in [0.717, 1.165) is 16.3 Å². The van der Waals surface area contributed by atoms with Crippen molar-refractivity contribution < 1.29 is 9.59 Å². The van der Waals surface area contributed by atoms with Crippen LogP contribution in [0.1, 0.15) is 6.92 Å². The second kappa shape index (κ2) is 13.0. The van der Waals surface area contributed by atoms with Gasteiger partial charge in [-0.15, -0.1) is 11.8 Å². The number of amides is 2. The van der Waals surface area contributed by atoms with Crippen molar-refractivity contribution in [3.63, 3.8) is 0 Å². The second-order valence-electron chi connectivity index (χ2n) is 8.46. The van der Waals surface area contributed by atoms with E-state index in [1.165, 1.54) is 18.7 Å². The van der Waals surface area contributed by atoms with E-state index in [4.69, 9.17) is 28.2 Å².